The van der Waals surface area contributed by atoms with E-state index in [0.717, 1.165) is 11.1 Å². The largest absolute Gasteiger partial charge is 0.456 e. The highest BCUT2D eigenvalue weighted by Crippen LogP contribution is 2.35. The quantitative estimate of drug-likeness (QED) is 0.562. The third-order valence-electron chi connectivity index (χ3n) is 4.70. The van der Waals surface area contributed by atoms with Gasteiger partial charge in [0.05, 0.1) is 17.7 Å². The number of hydrogen-bond acceptors (Lipinski definition) is 5. The standard InChI is InChI=1S/C24H35NO5/c1-8-9-16-14-17(21(27)29-23(2,3)4)10-11-19(16)20-15-18(26)12-13-25(20)22(28)30-24(5,6)7/h8,10-11,14,18,20,26H,1,9,12-13,15H2,2-7H3/t18-,20-/m0/s1. The lowest BCUT2D eigenvalue weighted by Crippen LogP contribution is -2.45. The van der Waals surface area contributed by atoms with Crippen LogP contribution in [0.2, 0.25) is 0 Å². The number of piperidine rings is 1. The van der Waals surface area contributed by atoms with E-state index in [0.29, 0.717) is 31.4 Å². The number of nitrogens with zero attached hydrogens (tertiary/aromatic N) is 1. The first-order chi connectivity index (χ1) is 13.8. The number of likely N-dealkylation sites (tertiary alicyclic amines) is 1. The molecule has 1 saturated heterocycles. The van der Waals surface area contributed by atoms with Crippen LogP contribution in [0.1, 0.15) is 81.9 Å². The second-order valence-corrected chi connectivity index (χ2v) is 9.78. The lowest BCUT2D eigenvalue weighted by molar-refractivity contribution is -0.00874. The lowest BCUT2D eigenvalue weighted by atomic mass is 9.88. The Labute approximate surface area is 179 Å². The van der Waals surface area contributed by atoms with E-state index >= 15 is 0 Å². The maximum atomic E-state index is 12.8. The zero-order valence-corrected chi connectivity index (χ0v) is 19.0. The molecule has 1 amide bonds. The smallest absolute Gasteiger partial charge is 0.410 e. The van der Waals surface area contributed by atoms with Crippen molar-refractivity contribution >= 4 is 12.1 Å². The molecule has 1 aliphatic rings. The molecule has 166 valence electrons. The summed E-state index contributed by atoms with van der Waals surface area (Å²) in [6.07, 6.45) is 2.30. The number of ether oxygens (including phenoxy) is 2. The van der Waals surface area contributed by atoms with Crippen molar-refractivity contribution in [2.24, 2.45) is 0 Å². The van der Waals surface area contributed by atoms with Gasteiger partial charge >= 0.3 is 12.1 Å². The van der Waals surface area contributed by atoms with E-state index in [1.807, 2.05) is 47.6 Å². The van der Waals surface area contributed by atoms with Crippen LogP contribution in [0.5, 0.6) is 0 Å². The molecule has 2 rings (SSSR count). The molecular formula is C24H35NO5. The Morgan fingerprint density at radius 2 is 1.80 bits per heavy atom. The number of carbonyl (C=O) groups is 2. The average Bonchev–Trinajstić information content (AvgIpc) is 2.58. The molecule has 0 saturated carbocycles. The summed E-state index contributed by atoms with van der Waals surface area (Å²) >= 11 is 0. The minimum absolute atomic E-state index is 0.341. The van der Waals surface area contributed by atoms with Gasteiger partial charge in [0.1, 0.15) is 11.2 Å². The highest BCUT2D eigenvalue weighted by atomic mass is 16.6. The molecule has 2 atom stereocenters. The van der Waals surface area contributed by atoms with Crippen molar-refractivity contribution in [1.29, 1.82) is 0 Å². The van der Waals surface area contributed by atoms with Crippen LogP contribution in [-0.4, -0.2) is 45.9 Å². The van der Waals surface area contributed by atoms with E-state index in [4.69, 9.17) is 9.47 Å². The van der Waals surface area contributed by atoms with Crippen molar-refractivity contribution in [2.75, 3.05) is 6.54 Å². The van der Waals surface area contributed by atoms with Crippen molar-refractivity contribution < 1.29 is 24.2 Å². The number of esters is 1. The van der Waals surface area contributed by atoms with Gasteiger partial charge in [0, 0.05) is 6.54 Å². The van der Waals surface area contributed by atoms with Gasteiger partial charge in [0.15, 0.2) is 0 Å². The summed E-state index contributed by atoms with van der Waals surface area (Å²) < 4.78 is 11.1. The molecule has 1 aromatic rings. The molecule has 6 nitrogen and oxygen atoms in total. The van der Waals surface area contributed by atoms with E-state index in [9.17, 15) is 14.7 Å². The van der Waals surface area contributed by atoms with Crippen LogP contribution in [0.15, 0.2) is 30.9 Å². The summed E-state index contributed by atoms with van der Waals surface area (Å²) in [5.41, 5.74) is 1.01. The Morgan fingerprint density at radius 3 is 2.37 bits per heavy atom. The van der Waals surface area contributed by atoms with Crippen LogP contribution in [0.25, 0.3) is 0 Å². The SMILES string of the molecule is C=CCc1cc(C(=O)OC(C)(C)C)ccc1[C@@H]1C[C@@H](O)CCN1C(=O)OC(C)(C)C. The van der Waals surface area contributed by atoms with Crippen LogP contribution >= 0.6 is 0 Å². The molecule has 0 bridgehead atoms. The molecule has 1 heterocycles. The highest BCUT2D eigenvalue weighted by Gasteiger charge is 2.35. The summed E-state index contributed by atoms with van der Waals surface area (Å²) in [6, 6.07) is 5.01. The Kier molecular flexibility index (Phi) is 7.35. The third kappa shape index (κ3) is 6.59. The van der Waals surface area contributed by atoms with Crippen molar-refractivity contribution in [3.05, 3.63) is 47.5 Å². The van der Waals surface area contributed by atoms with Gasteiger partial charge in [0.2, 0.25) is 0 Å². The minimum Gasteiger partial charge on any atom is -0.456 e. The number of rotatable bonds is 4. The molecule has 1 N–H and O–H groups in total. The number of carbonyl (C=O) groups excluding carboxylic acids is 2. The van der Waals surface area contributed by atoms with Gasteiger partial charge in [0.25, 0.3) is 0 Å². The zero-order chi connectivity index (χ0) is 22.7. The van der Waals surface area contributed by atoms with Crippen molar-refractivity contribution in [1.82, 2.24) is 4.90 Å². The van der Waals surface area contributed by atoms with E-state index in [2.05, 4.69) is 6.58 Å². The Balaban J connectivity index is 2.40. The first-order valence-corrected chi connectivity index (χ1v) is 10.5. The van der Waals surface area contributed by atoms with Crippen LogP contribution in [-0.2, 0) is 15.9 Å². The van der Waals surface area contributed by atoms with Crippen LogP contribution in [0, 0.1) is 0 Å². The molecular weight excluding hydrogens is 382 g/mol. The van der Waals surface area contributed by atoms with Gasteiger partial charge in [-0.2, -0.15) is 0 Å². The number of hydrogen-bond donors (Lipinski definition) is 1. The van der Waals surface area contributed by atoms with E-state index in [1.165, 1.54) is 0 Å². The number of aliphatic hydroxyl groups excluding tert-OH is 1. The van der Waals surface area contributed by atoms with Gasteiger partial charge in [-0.1, -0.05) is 12.1 Å². The summed E-state index contributed by atoms with van der Waals surface area (Å²) in [7, 11) is 0. The number of benzene rings is 1. The summed E-state index contributed by atoms with van der Waals surface area (Å²) in [6.45, 7) is 15.2. The normalized spacial score (nSPS) is 19.9. The summed E-state index contributed by atoms with van der Waals surface area (Å²) in [5.74, 6) is -0.396. The molecule has 1 aliphatic heterocycles. The number of amides is 1. The number of aliphatic hydroxyl groups is 1. The molecule has 30 heavy (non-hydrogen) atoms. The second-order valence-electron chi connectivity index (χ2n) is 9.78. The molecule has 6 heteroatoms. The number of allylic oxidation sites excluding steroid dienone is 1. The molecule has 0 spiro atoms. The fourth-order valence-corrected chi connectivity index (χ4v) is 3.51. The van der Waals surface area contributed by atoms with Gasteiger partial charge in [-0.25, -0.2) is 9.59 Å². The van der Waals surface area contributed by atoms with Crippen LogP contribution in [0.3, 0.4) is 0 Å². The van der Waals surface area contributed by atoms with Gasteiger partial charge in [-0.05, 0) is 84.1 Å². The van der Waals surface area contributed by atoms with Gasteiger partial charge in [-0.15, -0.1) is 6.58 Å². The predicted octanol–water partition coefficient (Wildman–Crippen LogP) is 4.80. The Hall–Kier alpha value is -2.34. The van der Waals surface area contributed by atoms with Gasteiger partial charge in [-0.3, -0.25) is 0 Å². The third-order valence-corrected chi connectivity index (χ3v) is 4.70. The predicted molar refractivity (Wildman–Crippen MR) is 116 cm³/mol. The molecule has 0 aromatic heterocycles. The van der Waals surface area contributed by atoms with Crippen molar-refractivity contribution in [2.45, 2.75) is 84.2 Å². The fraction of sp³-hybridized carbons (Fsp3) is 0.583. The molecule has 1 aromatic carbocycles. The monoisotopic (exact) mass is 417 g/mol. The molecule has 1 fully saturated rings. The molecule has 0 aliphatic carbocycles. The lowest BCUT2D eigenvalue weighted by Gasteiger charge is -2.39. The van der Waals surface area contributed by atoms with E-state index in [-0.39, 0.29) is 6.04 Å². The minimum atomic E-state index is -0.609. The zero-order valence-electron chi connectivity index (χ0n) is 19.0. The first kappa shape index (κ1) is 23.9. The average molecular weight is 418 g/mol. The Bertz CT molecular complexity index is 788. The second kappa shape index (κ2) is 9.21. The van der Waals surface area contributed by atoms with Crippen molar-refractivity contribution in [3.8, 4) is 0 Å². The van der Waals surface area contributed by atoms with Crippen LogP contribution < -0.4 is 0 Å². The van der Waals surface area contributed by atoms with E-state index < -0.39 is 29.4 Å². The highest BCUT2D eigenvalue weighted by molar-refractivity contribution is 5.90. The Morgan fingerprint density at radius 1 is 1.17 bits per heavy atom. The van der Waals surface area contributed by atoms with Gasteiger partial charge < -0.3 is 19.5 Å². The summed E-state index contributed by atoms with van der Waals surface area (Å²) in [4.78, 5) is 27.0. The van der Waals surface area contributed by atoms with Crippen LogP contribution in [0.4, 0.5) is 4.79 Å². The molecule has 0 radical (unpaired) electrons. The maximum Gasteiger partial charge on any atom is 0.410 e. The van der Waals surface area contributed by atoms with Crippen molar-refractivity contribution in [3.63, 3.8) is 0 Å². The maximum absolute atomic E-state index is 12.8. The fourth-order valence-electron chi connectivity index (χ4n) is 3.51. The van der Waals surface area contributed by atoms with E-state index in [1.54, 1.807) is 23.1 Å². The first-order valence-electron chi connectivity index (χ1n) is 10.5. The summed E-state index contributed by atoms with van der Waals surface area (Å²) in [5, 5.41) is 10.3. The molecule has 0 unspecified atom stereocenters. The topological polar surface area (TPSA) is 76.1 Å².